The van der Waals surface area contributed by atoms with Crippen LogP contribution in [0.1, 0.15) is 99.3 Å². The van der Waals surface area contributed by atoms with Gasteiger partial charge in [-0.3, -0.25) is 19.5 Å². The smallest absolute Gasteiger partial charge is 0.410 e. The van der Waals surface area contributed by atoms with Crippen molar-refractivity contribution in [3.63, 3.8) is 0 Å². The SMILES string of the molecule is C.C.CC1CC(C(=O)O)CCN1C(=O)OC(C)(C)C.CON=C(c1ccccn1)C1CCN(C(=O)C2CCN(Cc3ccnc(N)c3)C(C)C2)CC1. The number of hydrogen-bond donors (Lipinski definition) is 2. The van der Waals surface area contributed by atoms with Crippen molar-refractivity contribution in [2.45, 2.75) is 112 Å². The molecular formula is C39H63N7O6. The Labute approximate surface area is 310 Å². The molecule has 13 heteroatoms. The zero-order chi connectivity index (χ0) is 36.4. The van der Waals surface area contributed by atoms with Crippen LogP contribution in [0.2, 0.25) is 0 Å². The molecule has 2 aromatic heterocycles. The standard InChI is InChI=1S/C25H34N6O2.C12H21NO4.2CH4/c1-18-15-21(9-14-31(18)17-19-6-11-28-23(26)16-19)25(32)30-12-7-20(8-13-30)24(29-33-2)22-5-3-4-10-27-22;1-8-7-9(10(14)15)5-6-13(8)11(16)17-12(2,3)4;;/h3-6,10-11,16,18,20-21H,7-9,12-15,17H2,1-2H3,(H2,26,28);8-9H,5-7H2,1-4H3,(H,14,15);2*1H4. The number of carbonyl (C=O) groups is 3. The number of piperidine rings is 3. The minimum atomic E-state index is -0.777. The molecule has 5 heterocycles. The Morgan fingerprint density at radius 2 is 1.56 bits per heavy atom. The molecule has 2 amide bonds. The van der Waals surface area contributed by atoms with Gasteiger partial charge in [0.1, 0.15) is 24.2 Å². The highest BCUT2D eigenvalue weighted by atomic mass is 16.6. The van der Waals surface area contributed by atoms with E-state index < -0.39 is 11.6 Å². The van der Waals surface area contributed by atoms with E-state index in [0.717, 1.165) is 63.3 Å². The summed E-state index contributed by atoms with van der Waals surface area (Å²) in [5.41, 5.74) is 8.21. The third-order valence-corrected chi connectivity index (χ3v) is 9.76. The van der Waals surface area contributed by atoms with Crippen LogP contribution in [-0.2, 0) is 25.7 Å². The summed E-state index contributed by atoms with van der Waals surface area (Å²) in [5, 5.41) is 13.2. The number of carboxylic acid groups (broad SMARTS) is 1. The van der Waals surface area contributed by atoms with Crippen LogP contribution in [0.4, 0.5) is 10.6 Å². The van der Waals surface area contributed by atoms with E-state index >= 15 is 0 Å². The molecular weight excluding hydrogens is 662 g/mol. The molecule has 3 N–H and O–H groups in total. The summed E-state index contributed by atoms with van der Waals surface area (Å²) in [6.07, 6.45) is 7.71. The van der Waals surface area contributed by atoms with Gasteiger partial charge in [-0.25, -0.2) is 9.78 Å². The highest BCUT2D eigenvalue weighted by Crippen LogP contribution is 2.29. The second kappa shape index (κ2) is 20.1. The fourth-order valence-corrected chi connectivity index (χ4v) is 7.07. The Morgan fingerprint density at radius 1 is 0.904 bits per heavy atom. The third-order valence-electron chi connectivity index (χ3n) is 9.76. The number of amides is 2. The number of rotatable bonds is 7. The molecule has 0 aromatic carbocycles. The van der Waals surface area contributed by atoms with Crippen molar-refractivity contribution < 1.29 is 29.1 Å². The van der Waals surface area contributed by atoms with E-state index in [9.17, 15) is 14.4 Å². The number of nitrogen functional groups attached to an aromatic ring is 1. The maximum absolute atomic E-state index is 13.3. The first-order valence-electron chi connectivity index (χ1n) is 17.7. The molecule has 0 bridgehead atoms. The van der Waals surface area contributed by atoms with Gasteiger partial charge in [0.2, 0.25) is 5.91 Å². The molecule has 0 aliphatic carbocycles. The lowest BCUT2D eigenvalue weighted by Gasteiger charge is -2.40. The first-order chi connectivity index (χ1) is 23.8. The molecule has 3 aliphatic rings. The number of nitrogens with two attached hydrogens (primary N) is 1. The Morgan fingerprint density at radius 3 is 2.12 bits per heavy atom. The van der Waals surface area contributed by atoms with Crippen LogP contribution >= 0.6 is 0 Å². The Kier molecular flexibility index (Phi) is 17.0. The van der Waals surface area contributed by atoms with Gasteiger partial charge in [-0.15, -0.1) is 0 Å². The molecule has 3 saturated heterocycles. The number of carbonyl (C=O) groups excluding carboxylic acids is 2. The van der Waals surface area contributed by atoms with Gasteiger partial charge in [-0.2, -0.15) is 0 Å². The number of ether oxygens (including phenoxy) is 1. The molecule has 0 spiro atoms. The molecule has 3 fully saturated rings. The van der Waals surface area contributed by atoms with Gasteiger partial charge in [0.25, 0.3) is 0 Å². The van der Waals surface area contributed by atoms with Crippen molar-refractivity contribution in [2.24, 2.45) is 22.9 Å². The number of anilines is 1. The topological polar surface area (TPSA) is 164 Å². The Hall–Kier alpha value is -4.26. The average Bonchev–Trinajstić information content (AvgIpc) is 3.07. The van der Waals surface area contributed by atoms with Gasteiger partial charge in [-0.1, -0.05) is 26.1 Å². The molecule has 3 aliphatic heterocycles. The number of aromatic nitrogens is 2. The largest absolute Gasteiger partial charge is 0.481 e. The number of pyridine rings is 2. The summed E-state index contributed by atoms with van der Waals surface area (Å²) in [5.74, 6) is 0.0756. The van der Waals surface area contributed by atoms with Crippen molar-refractivity contribution in [1.82, 2.24) is 24.7 Å². The molecule has 4 unspecified atom stereocenters. The summed E-state index contributed by atoms with van der Waals surface area (Å²) in [6, 6.07) is 10.0. The van der Waals surface area contributed by atoms with Crippen LogP contribution in [0.3, 0.4) is 0 Å². The van der Waals surface area contributed by atoms with Gasteiger partial charge >= 0.3 is 12.1 Å². The van der Waals surface area contributed by atoms with E-state index in [1.54, 1.807) is 24.4 Å². The van der Waals surface area contributed by atoms with Crippen LogP contribution in [-0.4, -0.2) is 104 Å². The molecule has 290 valence electrons. The third kappa shape index (κ3) is 12.5. The highest BCUT2D eigenvalue weighted by Gasteiger charge is 2.36. The van der Waals surface area contributed by atoms with E-state index in [-0.39, 0.29) is 44.7 Å². The van der Waals surface area contributed by atoms with Crippen LogP contribution < -0.4 is 5.73 Å². The molecule has 52 heavy (non-hydrogen) atoms. The molecule has 0 radical (unpaired) electrons. The summed E-state index contributed by atoms with van der Waals surface area (Å²) in [6.45, 7) is 13.3. The van der Waals surface area contributed by atoms with E-state index in [0.29, 0.717) is 37.2 Å². The Balaban J connectivity index is 0.000000421. The molecule has 0 saturated carbocycles. The number of oxime groups is 1. The highest BCUT2D eigenvalue weighted by molar-refractivity contribution is 6.00. The predicted octanol–water partition coefficient (Wildman–Crippen LogP) is 6.33. The van der Waals surface area contributed by atoms with Gasteiger partial charge in [0.15, 0.2) is 0 Å². The minimum Gasteiger partial charge on any atom is -0.481 e. The van der Waals surface area contributed by atoms with E-state index in [4.69, 9.17) is 20.4 Å². The van der Waals surface area contributed by atoms with E-state index in [1.165, 1.54) is 5.56 Å². The van der Waals surface area contributed by atoms with Crippen molar-refractivity contribution in [3.05, 3.63) is 54.0 Å². The van der Waals surface area contributed by atoms with Crippen molar-refractivity contribution in [3.8, 4) is 0 Å². The van der Waals surface area contributed by atoms with Crippen molar-refractivity contribution >= 4 is 29.5 Å². The number of aliphatic carboxylic acids is 1. The maximum atomic E-state index is 13.3. The zero-order valence-corrected chi connectivity index (χ0v) is 30.5. The van der Waals surface area contributed by atoms with Gasteiger partial charge in [0.05, 0.1) is 11.6 Å². The van der Waals surface area contributed by atoms with Crippen LogP contribution in [0, 0.1) is 17.8 Å². The van der Waals surface area contributed by atoms with Crippen LogP contribution in [0.25, 0.3) is 0 Å². The maximum Gasteiger partial charge on any atom is 0.410 e. The second-order valence-electron chi connectivity index (χ2n) is 14.7. The van der Waals surface area contributed by atoms with Crippen LogP contribution in [0.15, 0.2) is 47.9 Å². The lowest BCUT2D eigenvalue weighted by atomic mass is 9.87. The first-order valence-corrected chi connectivity index (χ1v) is 17.7. The molecule has 4 atom stereocenters. The Bertz CT molecular complexity index is 1460. The lowest BCUT2D eigenvalue weighted by molar-refractivity contribution is -0.144. The van der Waals surface area contributed by atoms with Crippen LogP contribution in [0.5, 0.6) is 0 Å². The van der Waals surface area contributed by atoms with Gasteiger partial charge in [0, 0.05) is 62.5 Å². The summed E-state index contributed by atoms with van der Waals surface area (Å²) < 4.78 is 5.28. The lowest BCUT2D eigenvalue weighted by Crippen LogP contribution is -2.48. The molecule has 13 nitrogen and oxygen atoms in total. The first kappa shape index (κ1) is 43.9. The van der Waals surface area contributed by atoms with E-state index in [1.807, 2.05) is 58.0 Å². The molecule has 5 rings (SSSR count). The second-order valence-corrected chi connectivity index (χ2v) is 14.7. The number of carboxylic acids is 1. The summed E-state index contributed by atoms with van der Waals surface area (Å²) in [7, 11) is 1.57. The monoisotopic (exact) mass is 725 g/mol. The normalized spacial score (nSPS) is 22.8. The zero-order valence-electron chi connectivity index (χ0n) is 30.5. The summed E-state index contributed by atoms with van der Waals surface area (Å²) >= 11 is 0. The number of nitrogens with zero attached hydrogens (tertiary/aromatic N) is 6. The minimum absolute atomic E-state index is 0. The number of likely N-dealkylation sites (tertiary alicyclic amines) is 3. The molecule has 2 aromatic rings. The van der Waals surface area contributed by atoms with Crippen molar-refractivity contribution in [2.75, 3.05) is 39.0 Å². The quantitative estimate of drug-likeness (QED) is 0.244. The van der Waals surface area contributed by atoms with Gasteiger partial charge < -0.3 is 30.2 Å². The van der Waals surface area contributed by atoms with E-state index in [2.05, 4.69) is 31.8 Å². The predicted molar refractivity (Wildman–Crippen MR) is 205 cm³/mol. The summed E-state index contributed by atoms with van der Waals surface area (Å²) in [4.78, 5) is 55.7. The van der Waals surface area contributed by atoms with Crippen molar-refractivity contribution in [1.29, 1.82) is 0 Å². The number of hydrogen-bond acceptors (Lipinski definition) is 10. The fourth-order valence-electron chi connectivity index (χ4n) is 7.07. The fraction of sp³-hybridized carbons (Fsp3) is 0.641. The van der Waals surface area contributed by atoms with Gasteiger partial charge in [-0.05, 0) is 110 Å². The average molecular weight is 726 g/mol.